The standard InChI is InChI=1S/C19H21N5O/c1-2-6-13(7-3-1)20-17-15-9-5-4-8-14(15)16(21-22-17)19-24-23-18(25-19)12-10-11-12/h4-5,8-9,12-13H,1-3,6-7,10-11H2,(H,20,22). The lowest BCUT2D eigenvalue weighted by atomic mass is 9.95. The first-order chi connectivity index (χ1) is 12.4. The highest BCUT2D eigenvalue weighted by Crippen LogP contribution is 2.40. The third kappa shape index (κ3) is 2.86. The summed E-state index contributed by atoms with van der Waals surface area (Å²) in [4.78, 5) is 0. The van der Waals surface area contributed by atoms with Crippen molar-refractivity contribution in [2.75, 3.05) is 5.32 Å². The number of nitrogens with one attached hydrogen (secondary N) is 1. The lowest BCUT2D eigenvalue weighted by Crippen LogP contribution is -2.23. The summed E-state index contributed by atoms with van der Waals surface area (Å²) >= 11 is 0. The highest BCUT2D eigenvalue weighted by atomic mass is 16.4. The number of anilines is 1. The van der Waals surface area contributed by atoms with E-state index < -0.39 is 0 Å². The van der Waals surface area contributed by atoms with Gasteiger partial charge in [0.15, 0.2) is 11.5 Å². The first-order valence-corrected chi connectivity index (χ1v) is 9.24. The molecular weight excluding hydrogens is 314 g/mol. The SMILES string of the molecule is c1ccc2c(-c3nnc(C4CC4)o3)nnc(NC3CCCCC3)c2c1. The van der Waals surface area contributed by atoms with Crippen molar-refractivity contribution >= 4 is 16.6 Å². The molecule has 0 saturated heterocycles. The van der Waals surface area contributed by atoms with E-state index in [1.54, 1.807) is 0 Å². The Balaban J connectivity index is 1.53. The number of rotatable bonds is 4. The Morgan fingerprint density at radius 1 is 0.840 bits per heavy atom. The largest absolute Gasteiger partial charge is 0.419 e. The molecule has 0 aliphatic heterocycles. The second kappa shape index (κ2) is 6.10. The van der Waals surface area contributed by atoms with Gasteiger partial charge in [0.05, 0.1) is 0 Å². The van der Waals surface area contributed by atoms with E-state index in [9.17, 15) is 0 Å². The molecule has 5 rings (SSSR count). The summed E-state index contributed by atoms with van der Waals surface area (Å²) in [6, 6.07) is 8.66. The van der Waals surface area contributed by atoms with Gasteiger partial charge in [-0.25, -0.2) is 0 Å². The fourth-order valence-electron chi connectivity index (χ4n) is 3.63. The molecule has 0 spiro atoms. The Hall–Kier alpha value is -2.50. The second-order valence-electron chi connectivity index (χ2n) is 7.14. The summed E-state index contributed by atoms with van der Waals surface area (Å²) in [5.74, 6) is 2.49. The molecule has 0 unspecified atom stereocenters. The molecule has 2 aliphatic carbocycles. The molecule has 2 aromatic heterocycles. The van der Waals surface area contributed by atoms with Gasteiger partial charge in [0.2, 0.25) is 5.89 Å². The predicted molar refractivity (Wildman–Crippen MR) is 95.3 cm³/mol. The van der Waals surface area contributed by atoms with E-state index in [0.717, 1.165) is 35.3 Å². The average molecular weight is 335 g/mol. The summed E-state index contributed by atoms with van der Waals surface area (Å²) in [5, 5.41) is 22.9. The molecule has 6 heteroatoms. The molecule has 1 aromatic carbocycles. The number of hydrogen-bond donors (Lipinski definition) is 1. The van der Waals surface area contributed by atoms with Gasteiger partial charge in [-0.05, 0) is 25.7 Å². The molecule has 25 heavy (non-hydrogen) atoms. The van der Waals surface area contributed by atoms with Gasteiger partial charge < -0.3 is 9.73 Å². The van der Waals surface area contributed by atoms with Crippen LogP contribution in [0.5, 0.6) is 0 Å². The minimum atomic E-state index is 0.438. The van der Waals surface area contributed by atoms with Gasteiger partial charge in [-0.3, -0.25) is 0 Å². The van der Waals surface area contributed by atoms with Crippen LogP contribution in [-0.2, 0) is 0 Å². The molecule has 1 N–H and O–H groups in total. The quantitative estimate of drug-likeness (QED) is 0.766. The van der Waals surface area contributed by atoms with Crippen LogP contribution in [0, 0.1) is 0 Å². The Bertz CT molecular complexity index is 896. The van der Waals surface area contributed by atoms with Gasteiger partial charge in [0.1, 0.15) is 0 Å². The van der Waals surface area contributed by atoms with Crippen LogP contribution in [-0.4, -0.2) is 26.4 Å². The second-order valence-corrected chi connectivity index (χ2v) is 7.14. The Morgan fingerprint density at radius 3 is 2.44 bits per heavy atom. The zero-order chi connectivity index (χ0) is 16.6. The van der Waals surface area contributed by atoms with Crippen molar-refractivity contribution in [3.05, 3.63) is 30.2 Å². The van der Waals surface area contributed by atoms with E-state index in [-0.39, 0.29) is 0 Å². The molecular formula is C19H21N5O. The maximum Gasteiger partial charge on any atom is 0.268 e. The number of hydrogen-bond acceptors (Lipinski definition) is 6. The molecule has 0 bridgehead atoms. The van der Waals surface area contributed by atoms with Crippen LogP contribution in [0.3, 0.4) is 0 Å². The minimum absolute atomic E-state index is 0.438. The van der Waals surface area contributed by atoms with Crippen molar-refractivity contribution in [2.24, 2.45) is 0 Å². The fraction of sp³-hybridized carbons (Fsp3) is 0.474. The third-order valence-electron chi connectivity index (χ3n) is 5.20. The van der Waals surface area contributed by atoms with Gasteiger partial charge in [-0.2, -0.15) is 0 Å². The number of aromatic nitrogens is 4. The summed E-state index contributed by atoms with van der Waals surface area (Å²) in [5.41, 5.74) is 0.671. The number of nitrogens with zero attached hydrogens (tertiary/aromatic N) is 4. The van der Waals surface area contributed by atoms with E-state index in [0.29, 0.717) is 23.5 Å². The van der Waals surface area contributed by atoms with Crippen LogP contribution in [0.15, 0.2) is 28.7 Å². The summed E-state index contributed by atoms with van der Waals surface area (Å²) in [6.07, 6.45) is 8.58. The highest BCUT2D eigenvalue weighted by Gasteiger charge is 2.30. The molecule has 0 atom stereocenters. The molecule has 0 radical (unpaired) electrons. The molecule has 2 saturated carbocycles. The molecule has 128 valence electrons. The highest BCUT2D eigenvalue weighted by molar-refractivity contribution is 5.98. The first-order valence-electron chi connectivity index (χ1n) is 9.24. The Labute approximate surface area is 146 Å². The maximum absolute atomic E-state index is 5.85. The number of benzene rings is 1. The monoisotopic (exact) mass is 335 g/mol. The fourth-order valence-corrected chi connectivity index (χ4v) is 3.63. The Morgan fingerprint density at radius 2 is 1.64 bits per heavy atom. The van der Waals surface area contributed by atoms with Crippen molar-refractivity contribution < 1.29 is 4.42 Å². The van der Waals surface area contributed by atoms with Crippen LogP contribution in [0.4, 0.5) is 5.82 Å². The molecule has 2 fully saturated rings. The first kappa shape index (κ1) is 14.8. The van der Waals surface area contributed by atoms with Crippen molar-refractivity contribution in [3.8, 4) is 11.6 Å². The van der Waals surface area contributed by atoms with E-state index in [4.69, 9.17) is 4.42 Å². The topological polar surface area (TPSA) is 76.7 Å². The zero-order valence-corrected chi connectivity index (χ0v) is 14.1. The molecule has 0 amide bonds. The summed E-state index contributed by atoms with van der Waals surface area (Å²) in [6.45, 7) is 0. The van der Waals surface area contributed by atoms with Crippen molar-refractivity contribution in [3.63, 3.8) is 0 Å². The third-order valence-corrected chi connectivity index (χ3v) is 5.20. The van der Waals surface area contributed by atoms with Gasteiger partial charge in [-0.1, -0.05) is 43.5 Å². The van der Waals surface area contributed by atoms with Gasteiger partial charge in [0, 0.05) is 22.7 Å². The lowest BCUT2D eigenvalue weighted by molar-refractivity contribution is 0.462. The molecule has 6 nitrogen and oxygen atoms in total. The van der Waals surface area contributed by atoms with Crippen LogP contribution in [0.25, 0.3) is 22.4 Å². The predicted octanol–water partition coefficient (Wildman–Crippen LogP) is 4.30. The van der Waals surface area contributed by atoms with Crippen LogP contribution in [0.1, 0.15) is 56.8 Å². The minimum Gasteiger partial charge on any atom is -0.419 e. The van der Waals surface area contributed by atoms with Crippen LogP contribution < -0.4 is 5.32 Å². The van der Waals surface area contributed by atoms with Crippen LogP contribution >= 0.6 is 0 Å². The summed E-state index contributed by atoms with van der Waals surface area (Å²) in [7, 11) is 0. The van der Waals surface area contributed by atoms with E-state index in [1.165, 1.54) is 32.1 Å². The molecule has 2 heterocycles. The molecule has 2 aliphatic rings. The van der Waals surface area contributed by atoms with Crippen molar-refractivity contribution in [1.29, 1.82) is 0 Å². The average Bonchev–Trinajstić information content (AvgIpc) is 3.40. The Kier molecular flexibility index (Phi) is 3.61. The van der Waals surface area contributed by atoms with E-state index in [1.807, 2.05) is 18.2 Å². The number of fused-ring (bicyclic) bond motifs is 1. The van der Waals surface area contributed by atoms with Crippen molar-refractivity contribution in [1.82, 2.24) is 20.4 Å². The molecule has 3 aromatic rings. The van der Waals surface area contributed by atoms with E-state index >= 15 is 0 Å². The van der Waals surface area contributed by atoms with Crippen molar-refractivity contribution in [2.45, 2.75) is 56.9 Å². The van der Waals surface area contributed by atoms with Gasteiger partial charge in [-0.15, -0.1) is 20.4 Å². The van der Waals surface area contributed by atoms with Gasteiger partial charge in [0.25, 0.3) is 5.89 Å². The maximum atomic E-state index is 5.85. The van der Waals surface area contributed by atoms with Crippen LogP contribution in [0.2, 0.25) is 0 Å². The summed E-state index contributed by atoms with van der Waals surface area (Å²) < 4.78 is 5.85. The normalized spacial score (nSPS) is 18.6. The smallest absolute Gasteiger partial charge is 0.268 e. The lowest BCUT2D eigenvalue weighted by Gasteiger charge is -2.23. The zero-order valence-electron chi connectivity index (χ0n) is 14.1. The van der Waals surface area contributed by atoms with Gasteiger partial charge >= 0.3 is 0 Å². The van der Waals surface area contributed by atoms with E-state index in [2.05, 4.69) is 31.8 Å².